The molecule has 17 heavy (non-hydrogen) atoms. The summed E-state index contributed by atoms with van der Waals surface area (Å²) in [7, 11) is 0. The third-order valence-electron chi connectivity index (χ3n) is 2.04. The van der Waals surface area contributed by atoms with Gasteiger partial charge in [-0.25, -0.2) is 4.79 Å². The zero-order valence-corrected chi connectivity index (χ0v) is 9.19. The molecule has 1 amide bonds. The van der Waals surface area contributed by atoms with E-state index in [1.807, 2.05) is 0 Å². The number of aromatic carboxylic acids is 1. The minimum atomic E-state index is -1.18. The van der Waals surface area contributed by atoms with E-state index in [1.165, 1.54) is 17.5 Å². The van der Waals surface area contributed by atoms with Crippen molar-refractivity contribution in [2.45, 2.75) is 6.10 Å². The number of hydrogen-bond acceptors (Lipinski definition) is 5. The molecule has 1 aromatic heterocycles. The fourth-order valence-electron chi connectivity index (χ4n) is 1.23. The van der Waals surface area contributed by atoms with E-state index in [0.717, 1.165) is 17.6 Å². The van der Waals surface area contributed by atoms with E-state index in [9.17, 15) is 14.4 Å². The molecule has 88 valence electrons. The summed E-state index contributed by atoms with van der Waals surface area (Å²) in [5.41, 5.74) is 0.0853. The van der Waals surface area contributed by atoms with E-state index < -0.39 is 23.8 Å². The summed E-state index contributed by atoms with van der Waals surface area (Å²) >= 11 is 1.07. The Bertz CT molecular complexity index is 519. The van der Waals surface area contributed by atoms with Crippen molar-refractivity contribution in [1.29, 1.82) is 0 Å². The van der Waals surface area contributed by atoms with Gasteiger partial charge in [0, 0.05) is 11.5 Å². The molecular weight excluding hydrogens is 246 g/mol. The summed E-state index contributed by atoms with van der Waals surface area (Å²) in [6.07, 6.45) is 1.15. The van der Waals surface area contributed by atoms with Crippen molar-refractivity contribution in [3.05, 3.63) is 29.3 Å². The number of anilines is 1. The molecule has 1 unspecified atom stereocenters. The van der Waals surface area contributed by atoms with Crippen LogP contribution in [0.4, 0.5) is 5.00 Å². The Balaban J connectivity index is 2.03. The number of ether oxygens (including phenoxy) is 1. The van der Waals surface area contributed by atoms with Crippen LogP contribution in [0.5, 0.6) is 0 Å². The number of amides is 1. The average molecular weight is 253 g/mol. The first-order valence-electron chi connectivity index (χ1n) is 4.56. The Hall–Kier alpha value is -2.15. The molecule has 7 heteroatoms. The first-order chi connectivity index (χ1) is 8.08. The monoisotopic (exact) mass is 253 g/mol. The van der Waals surface area contributed by atoms with Crippen LogP contribution in [0.25, 0.3) is 0 Å². The van der Waals surface area contributed by atoms with E-state index >= 15 is 0 Å². The fraction of sp³-hybridized carbons (Fsp3) is 0.100. The lowest BCUT2D eigenvalue weighted by Gasteiger charge is -2.07. The minimum Gasteiger partial charge on any atom is -0.480 e. The molecule has 1 aliphatic rings. The van der Waals surface area contributed by atoms with Gasteiger partial charge in [0.1, 0.15) is 0 Å². The highest BCUT2D eigenvalue weighted by Crippen LogP contribution is 2.21. The molecule has 0 saturated heterocycles. The van der Waals surface area contributed by atoms with E-state index in [4.69, 9.17) is 9.84 Å². The lowest BCUT2D eigenvalue weighted by Crippen LogP contribution is -2.32. The number of carboxylic acid groups (broad SMARTS) is 1. The van der Waals surface area contributed by atoms with Crippen LogP contribution in [0.2, 0.25) is 0 Å². The van der Waals surface area contributed by atoms with Crippen LogP contribution < -0.4 is 5.32 Å². The number of hydrogen-bond donors (Lipinski definition) is 2. The summed E-state index contributed by atoms with van der Waals surface area (Å²) in [6.45, 7) is 0. The van der Waals surface area contributed by atoms with Crippen molar-refractivity contribution in [1.82, 2.24) is 0 Å². The third kappa shape index (κ3) is 2.34. The maximum Gasteiger partial charge on any atom is 0.336 e. The largest absolute Gasteiger partial charge is 0.480 e. The standard InChI is InChI=1S/C10H7NO5S/c12-6-1-2-16-8(6)9(13)11-7-3-5(4-17-7)10(14)15/h1-4,8H,(H,11,13)(H,14,15). The molecule has 0 bridgehead atoms. The molecule has 0 fully saturated rings. The molecule has 0 aromatic carbocycles. The lowest BCUT2D eigenvalue weighted by molar-refractivity contribution is -0.132. The quantitative estimate of drug-likeness (QED) is 0.779. The number of carbonyl (C=O) groups is 3. The molecule has 2 heterocycles. The van der Waals surface area contributed by atoms with Crippen molar-refractivity contribution >= 4 is 34.0 Å². The molecule has 0 radical (unpaired) electrons. The van der Waals surface area contributed by atoms with Crippen LogP contribution in [-0.4, -0.2) is 28.9 Å². The van der Waals surface area contributed by atoms with Gasteiger partial charge in [0.05, 0.1) is 16.8 Å². The smallest absolute Gasteiger partial charge is 0.336 e. The van der Waals surface area contributed by atoms with Gasteiger partial charge in [-0.1, -0.05) is 0 Å². The molecule has 2 N–H and O–H groups in total. The van der Waals surface area contributed by atoms with E-state index in [-0.39, 0.29) is 5.56 Å². The van der Waals surface area contributed by atoms with Crippen molar-refractivity contribution in [2.75, 3.05) is 5.32 Å². The predicted molar refractivity (Wildman–Crippen MR) is 58.9 cm³/mol. The van der Waals surface area contributed by atoms with Gasteiger partial charge in [0.15, 0.2) is 0 Å². The fourth-order valence-corrected chi connectivity index (χ4v) is 2.01. The number of nitrogens with one attached hydrogen (secondary N) is 1. The second-order valence-corrected chi connectivity index (χ2v) is 4.13. The SMILES string of the molecule is O=C(O)c1csc(NC(=O)C2OC=CC2=O)c1. The molecular formula is C10H7NO5S. The van der Waals surface area contributed by atoms with Crippen LogP contribution in [0.1, 0.15) is 10.4 Å². The van der Waals surface area contributed by atoms with Gasteiger partial charge in [-0.05, 0) is 6.07 Å². The van der Waals surface area contributed by atoms with Crippen LogP contribution in [0.3, 0.4) is 0 Å². The van der Waals surface area contributed by atoms with Gasteiger partial charge in [0.25, 0.3) is 5.91 Å². The van der Waals surface area contributed by atoms with Gasteiger partial charge in [-0.15, -0.1) is 11.3 Å². The third-order valence-corrected chi connectivity index (χ3v) is 2.88. The molecule has 0 aliphatic carbocycles. The van der Waals surface area contributed by atoms with Gasteiger partial charge >= 0.3 is 5.97 Å². The summed E-state index contributed by atoms with van der Waals surface area (Å²) in [6, 6.07) is 1.32. The van der Waals surface area contributed by atoms with Gasteiger partial charge < -0.3 is 15.2 Å². The Morgan fingerprint density at radius 3 is 2.76 bits per heavy atom. The Morgan fingerprint density at radius 2 is 2.24 bits per heavy atom. The zero-order chi connectivity index (χ0) is 12.4. The summed E-state index contributed by atoms with van der Waals surface area (Å²) in [4.78, 5) is 33.3. The van der Waals surface area contributed by atoms with Gasteiger partial charge in [-0.3, -0.25) is 9.59 Å². The Kier molecular flexibility index (Phi) is 2.92. The molecule has 1 aromatic rings. The predicted octanol–water partition coefficient (Wildman–Crippen LogP) is 0.866. The lowest BCUT2D eigenvalue weighted by atomic mass is 10.2. The highest BCUT2D eigenvalue weighted by Gasteiger charge is 2.29. The Morgan fingerprint density at radius 1 is 1.47 bits per heavy atom. The second-order valence-electron chi connectivity index (χ2n) is 3.22. The van der Waals surface area contributed by atoms with Gasteiger partial charge in [-0.2, -0.15) is 0 Å². The second kappa shape index (κ2) is 4.38. The van der Waals surface area contributed by atoms with Crippen LogP contribution >= 0.6 is 11.3 Å². The van der Waals surface area contributed by atoms with Crippen LogP contribution in [0.15, 0.2) is 23.8 Å². The maximum atomic E-state index is 11.6. The number of carbonyl (C=O) groups excluding carboxylic acids is 2. The topological polar surface area (TPSA) is 92.7 Å². The van der Waals surface area contributed by atoms with E-state index in [0.29, 0.717) is 5.00 Å². The highest BCUT2D eigenvalue weighted by atomic mass is 32.1. The first kappa shape index (κ1) is 11.3. The number of carboxylic acids is 1. The molecule has 0 spiro atoms. The normalized spacial score (nSPS) is 17.9. The highest BCUT2D eigenvalue weighted by molar-refractivity contribution is 7.14. The Labute approximate surface area is 99.5 Å². The minimum absolute atomic E-state index is 0.0853. The van der Waals surface area contributed by atoms with E-state index in [1.54, 1.807) is 0 Å². The zero-order valence-electron chi connectivity index (χ0n) is 8.38. The molecule has 0 saturated carbocycles. The van der Waals surface area contributed by atoms with Gasteiger partial charge in [0.2, 0.25) is 11.9 Å². The molecule has 6 nitrogen and oxygen atoms in total. The number of ketones is 1. The van der Waals surface area contributed by atoms with Crippen molar-refractivity contribution in [3.8, 4) is 0 Å². The molecule has 1 aliphatic heterocycles. The van der Waals surface area contributed by atoms with E-state index in [2.05, 4.69) is 5.32 Å². The average Bonchev–Trinajstić information content (AvgIpc) is 2.86. The van der Waals surface area contributed by atoms with Crippen molar-refractivity contribution in [2.24, 2.45) is 0 Å². The molecule has 2 rings (SSSR count). The van der Waals surface area contributed by atoms with Crippen LogP contribution in [-0.2, 0) is 14.3 Å². The van der Waals surface area contributed by atoms with Crippen LogP contribution in [0, 0.1) is 0 Å². The maximum absolute atomic E-state index is 11.6. The number of thiophene rings is 1. The summed E-state index contributed by atoms with van der Waals surface area (Å²) < 4.78 is 4.80. The summed E-state index contributed by atoms with van der Waals surface area (Å²) in [5.74, 6) is -2.12. The van der Waals surface area contributed by atoms with Crippen molar-refractivity contribution < 1.29 is 24.2 Å². The summed E-state index contributed by atoms with van der Waals surface area (Å²) in [5, 5.41) is 12.9. The number of rotatable bonds is 3. The first-order valence-corrected chi connectivity index (χ1v) is 5.44. The molecule has 1 atom stereocenters. The van der Waals surface area contributed by atoms with Crippen molar-refractivity contribution in [3.63, 3.8) is 0 Å².